The Labute approximate surface area is 118 Å². The second-order valence-corrected chi connectivity index (χ2v) is 6.19. The first-order valence-electron chi connectivity index (χ1n) is 6.13. The standard InChI is InChI=1S/C15H15NO3S/c1-12-6-5-7-13(10-12)11-15(17)16-20(18,19)14-8-3-2-4-9-14/h2-10H,11H2,1H3,(H,16,17). The van der Waals surface area contributed by atoms with Crippen molar-refractivity contribution in [1.29, 1.82) is 0 Å². The molecule has 0 unspecified atom stereocenters. The third-order valence-electron chi connectivity index (χ3n) is 2.75. The molecule has 2 rings (SSSR count). The molecule has 0 saturated heterocycles. The van der Waals surface area contributed by atoms with E-state index in [0.29, 0.717) is 0 Å². The van der Waals surface area contributed by atoms with E-state index >= 15 is 0 Å². The minimum atomic E-state index is -3.79. The molecule has 0 radical (unpaired) electrons. The summed E-state index contributed by atoms with van der Waals surface area (Å²) in [5, 5.41) is 0. The van der Waals surface area contributed by atoms with Crippen LogP contribution in [0.25, 0.3) is 0 Å². The molecule has 1 amide bonds. The lowest BCUT2D eigenvalue weighted by molar-refractivity contribution is -0.118. The molecule has 4 nitrogen and oxygen atoms in total. The molecule has 0 aliphatic heterocycles. The molecule has 2 aromatic rings. The van der Waals surface area contributed by atoms with Crippen LogP contribution >= 0.6 is 0 Å². The third-order valence-corrected chi connectivity index (χ3v) is 4.14. The summed E-state index contributed by atoms with van der Waals surface area (Å²) >= 11 is 0. The third kappa shape index (κ3) is 3.68. The first kappa shape index (κ1) is 14.3. The summed E-state index contributed by atoms with van der Waals surface area (Å²) in [4.78, 5) is 11.9. The molecular formula is C15H15NO3S. The highest BCUT2D eigenvalue weighted by molar-refractivity contribution is 7.90. The van der Waals surface area contributed by atoms with Crippen LogP contribution in [0.15, 0.2) is 59.5 Å². The highest BCUT2D eigenvalue weighted by atomic mass is 32.2. The Bertz CT molecular complexity index is 709. The van der Waals surface area contributed by atoms with Crippen molar-refractivity contribution in [2.75, 3.05) is 0 Å². The van der Waals surface area contributed by atoms with Gasteiger partial charge in [0.25, 0.3) is 10.0 Å². The van der Waals surface area contributed by atoms with Crippen molar-refractivity contribution in [2.45, 2.75) is 18.2 Å². The lowest BCUT2D eigenvalue weighted by Gasteiger charge is -2.07. The summed E-state index contributed by atoms with van der Waals surface area (Å²) in [5.74, 6) is -0.542. The van der Waals surface area contributed by atoms with Gasteiger partial charge in [-0.25, -0.2) is 13.1 Å². The molecule has 1 N–H and O–H groups in total. The Balaban J connectivity index is 2.09. The molecule has 0 aliphatic carbocycles. The minimum Gasteiger partial charge on any atom is -0.274 e. The minimum absolute atomic E-state index is 0.0355. The van der Waals surface area contributed by atoms with E-state index in [-0.39, 0.29) is 11.3 Å². The molecule has 0 spiro atoms. The molecule has 20 heavy (non-hydrogen) atoms. The fourth-order valence-corrected chi connectivity index (χ4v) is 2.86. The van der Waals surface area contributed by atoms with E-state index in [1.165, 1.54) is 12.1 Å². The van der Waals surface area contributed by atoms with Crippen LogP contribution in [0.2, 0.25) is 0 Å². The molecule has 104 valence electrons. The van der Waals surface area contributed by atoms with Crippen LogP contribution in [0, 0.1) is 6.92 Å². The van der Waals surface area contributed by atoms with E-state index in [9.17, 15) is 13.2 Å². The Morgan fingerprint density at radius 3 is 2.40 bits per heavy atom. The van der Waals surface area contributed by atoms with Gasteiger partial charge in [0.2, 0.25) is 5.91 Å². The normalized spacial score (nSPS) is 11.1. The smallest absolute Gasteiger partial charge is 0.264 e. The Kier molecular flexibility index (Phi) is 4.20. The van der Waals surface area contributed by atoms with Gasteiger partial charge in [0, 0.05) is 0 Å². The highest BCUT2D eigenvalue weighted by Crippen LogP contribution is 2.09. The maximum Gasteiger partial charge on any atom is 0.264 e. The predicted octanol–water partition coefficient (Wildman–Crippen LogP) is 2.04. The number of carbonyl (C=O) groups is 1. The first-order chi connectivity index (χ1) is 9.47. The summed E-state index contributed by atoms with van der Waals surface area (Å²) < 4.78 is 26.0. The van der Waals surface area contributed by atoms with Crippen LogP contribution < -0.4 is 4.72 Å². The van der Waals surface area contributed by atoms with Crippen LogP contribution in [0.4, 0.5) is 0 Å². The Morgan fingerprint density at radius 1 is 1.05 bits per heavy atom. The largest absolute Gasteiger partial charge is 0.274 e. The molecule has 0 aromatic heterocycles. The van der Waals surface area contributed by atoms with Crippen molar-refractivity contribution in [2.24, 2.45) is 0 Å². The zero-order valence-electron chi connectivity index (χ0n) is 11.0. The molecular weight excluding hydrogens is 274 g/mol. The van der Waals surface area contributed by atoms with Crippen LogP contribution in [0.5, 0.6) is 0 Å². The van der Waals surface area contributed by atoms with Crippen LogP contribution in [0.3, 0.4) is 0 Å². The Morgan fingerprint density at radius 2 is 1.75 bits per heavy atom. The van der Waals surface area contributed by atoms with E-state index in [1.54, 1.807) is 24.3 Å². The number of carbonyl (C=O) groups excluding carboxylic acids is 1. The lowest BCUT2D eigenvalue weighted by Crippen LogP contribution is -2.31. The molecule has 2 aromatic carbocycles. The van der Waals surface area contributed by atoms with Crippen LogP contribution in [0.1, 0.15) is 11.1 Å². The number of benzene rings is 2. The summed E-state index contributed by atoms with van der Waals surface area (Å²) in [6.45, 7) is 1.92. The van der Waals surface area contributed by atoms with Crippen LogP contribution in [-0.2, 0) is 21.2 Å². The summed E-state index contributed by atoms with van der Waals surface area (Å²) in [5.41, 5.74) is 1.81. The molecule has 0 atom stereocenters. The second-order valence-electron chi connectivity index (χ2n) is 4.51. The summed E-state index contributed by atoms with van der Waals surface area (Å²) in [7, 11) is -3.79. The van der Waals surface area contributed by atoms with Gasteiger partial charge in [0.15, 0.2) is 0 Å². The van der Waals surface area contributed by atoms with E-state index in [0.717, 1.165) is 11.1 Å². The fourth-order valence-electron chi connectivity index (χ4n) is 1.85. The summed E-state index contributed by atoms with van der Waals surface area (Å²) in [6.07, 6.45) is 0.0355. The van der Waals surface area contributed by atoms with Crippen molar-refractivity contribution in [3.05, 3.63) is 65.7 Å². The first-order valence-corrected chi connectivity index (χ1v) is 7.62. The van der Waals surface area contributed by atoms with E-state index in [1.807, 2.05) is 25.1 Å². The maximum atomic E-state index is 12.0. The predicted molar refractivity (Wildman–Crippen MR) is 76.7 cm³/mol. The van der Waals surface area contributed by atoms with Gasteiger partial charge < -0.3 is 0 Å². The van der Waals surface area contributed by atoms with Gasteiger partial charge in [-0.2, -0.15) is 0 Å². The van der Waals surface area contributed by atoms with Gasteiger partial charge in [0.1, 0.15) is 0 Å². The van der Waals surface area contributed by atoms with Gasteiger partial charge in [0.05, 0.1) is 11.3 Å². The average Bonchev–Trinajstić information content (AvgIpc) is 2.39. The summed E-state index contributed by atoms with van der Waals surface area (Å²) in [6, 6.07) is 15.2. The van der Waals surface area contributed by atoms with E-state index in [4.69, 9.17) is 0 Å². The lowest BCUT2D eigenvalue weighted by atomic mass is 10.1. The average molecular weight is 289 g/mol. The second kappa shape index (κ2) is 5.88. The Hall–Kier alpha value is -2.14. The van der Waals surface area contributed by atoms with Gasteiger partial charge in [-0.3, -0.25) is 4.79 Å². The quantitative estimate of drug-likeness (QED) is 0.937. The number of hydrogen-bond acceptors (Lipinski definition) is 3. The van der Waals surface area contributed by atoms with Crippen molar-refractivity contribution in [1.82, 2.24) is 4.72 Å². The van der Waals surface area contributed by atoms with E-state index < -0.39 is 15.9 Å². The monoisotopic (exact) mass is 289 g/mol. The van der Waals surface area contributed by atoms with Gasteiger partial charge in [-0.15, -0.1) is 0 Å². The number of rotatable bonds is 4. The zero-order valence-corrected chi connectivity index (χ0v) is 11.9. The van der Waals surface area contributed by atoms with Gasteiger partial charge >= 0.3 is 0 Å². The van der Waals surface area contributed by atoms with Crippen molar-refractivity contribution < 1.29 is 13.2 Å². The fraction of sp³-hybridized carbons (Fsp3) is 0.133. The number of hydrogen-bond donors (Lipinski definition) is 1. The topological polar surface area (TPSA) is 63.2 Å². The molecule has 5 heteroatoms. The molecule has 0 aliphatic rings. The van der Waals surface area contributed by atoms with Crippen molar-refractivity contribution in [3.63, 3.8) is 0 Å². The van der Waals surface area contributed by atoms with Crippen LogP contribution in [-0.4, -0.2) is 14.3 Å². The number of aryl methyl sites for hydroxylation is 1. The van der Waals surface area contributed by atoms with E-state index in [2.05, 4.69) is 4.72 Å². The van der Waals surface area contributed by atoms with Crippen molar-refractivity contribution in [3.8, 4) is 0 Å². The number of nitrogens with one attached hydrogen (secondary N) is 1. The number of sulfonamides is 1. The number of amides is 1. The molecule has 0 fully saturated rings. The molecule has 0 bridgehead atoms. The molecule has 0 heterocycles. The van der Waals surface area contributed by atoms with Gasteiger partial charge in [-0.05, 0) is 24.6 Å². The highest BCUT2D eigenvalue weighted by Gasteiger charge is 2.17. The maximum absolute atomic E-state index is 12.0. The van der Waals surface area contributed by atoms with Crippen molar-refractivity contribution >= 4 is 15.9 Å². The molecule has 0 saturated carbocycles. The van der Waals surface area contributed by atoms with Gasteiger partial charge in [-0.1, -0.05) is 48.0 Å². The zero-order chi connectivity index (χ0) is 14.6. The SMILES string of the molecule is Cc1cccc(CC(=O)NS(=O)(=O)c2ccccc2)c1.